The number of hydrogen-bond acceptors (Lipinski definition) is 2. The molecule has 20 heavy (non-hydrogen) atoms. The number of carboxylic acid groups (broad SMARTS) is 2. The molecule has 2 rings (SSSR count). The Balaban J connectivity index is 1.99. The zero-order chi connectivity index (χ0) is 14.6. The summed E-state index contributed by atoms with van der Waals surface area (Å²) >= 11 is 0. The van der Waals surface area contributed by atoms with Crippen molar-refractivity contribution in [3.8, 4) is 0 Å². The van der Waals surface area contributed by atoms with Gasteiger partial charge >= 0.3 is 11.9 Å². The van der Waals surface area contributed by atoms with Gasteiger partial charge in [0, 0.05) is 0 Å². The third-order valence-corrected chi connectivity index (χ3v) is 5.57. The van der Waals surface area contributed by atoms with Crippen molar-refractivity contribution < 1.29 is 19.8 Å². The van der Waals surface area contributed by atoms with E-state index in [2.05, 4.69) is 0 Å². The van der Waals surface area contributed by atoms with Crippen LogP contribution < -0.4 is 0 Å². The first-order valence-corrected chi connectivity index (χ1v) is 7.89. The fourth-order valence-electron chi connectivity index (χ4n) is 4.45. The largest absolute Gasteiger partial charge is 0.481 e. The van der Waals surface area contributed by atoms with Crippen molar-refractivity contribution >= 4 is 11.9 Å². The lowest BCUT2D eigenvalue weighted by Crippen LogP contribution is -2.27. The predicted octanol–water partition coefficient (Wildman–Crippen LogP) is 3.84. The zero-order valence-electron chi connectivity index (χ0n) is 12.2. The summed E-state index contributed by atoms with van der Waals surface area (Å²) < 4.78 is 0. The van der Waals surface area contributed by atoms with E-state index in [4.69, 9.17) is 10.2 Å². The van der Waals surface area contributed by atoms with Crippen LogP contribution in [0.3, 0.4) is 0 Å². The number of aliphatic carboxylic acids is 2. The Morgan fingerprint density at radius 2 is 1.00 bits per heavy atom. The molecular weight excluding hydrogens is 256 g/mol. The maximum absolute atomic E-state index is 11.1. The van der Waals surface area contributed by atoms with Crippen LogP contribution in [0.2, 0.25) is 0 Å². The molecule has 0 aromatic heterocycles. The van der Waals surface area contributed by atoms with Crippen LogP contribution in [-0.4, -0.2) is 22.2 Å². The minimum absolute atomic E-state index is 0.0556. The minimum atomic E-state index is -0.703. The first-order chi connectivity index (χ1) is 9.45. The molecule has 0 unspecified atom stereocenters. The van der Waals surface area contributed by atoms with Gasteiger partial charge in [0.05, 0.1) is 12.8 Å². The van der Waals surface area contributed by atoms with Gasteiger partial charge in [0.25, 0.3) is 0 Å². The second kappa shape index (κ2) is 6.15. The Bertz CT molecular complexity index is 327. The van der Waals surface area contributed by atoms with Crippen LogP contribution in [0.4, 0.5) is 0 Å². The standard InChI is InChI=1S/C16H26O4/c17-13(18)11-15(5-1-2-6-15)9-10-16(12-14(19)20)7-3-4-8-16/h1-12H2,(H,17,18)(H,19,20). The molecule has 0 spiro atoms. The third kappa shape index (κ3) is 3.74. The lowest BCUT2D eigenvalue weighted by atomic mass is 9.70. The van der Waals surface area contributed by atoms with Crippen molar-refractivity contribution in [1.29, 1.82) is 0 Å². The molecular formula is C16H26O4. The van der Waals surface area contributed by atoms with E-state index in [1.54, 1.807) is 0 Å². The van der Waals surface area contributed by atoms with E-state index in [1.165, 1.54) is 0 Å². The first-order valence-electron chi connectivity index (χ1n) is 7.89. The van der Waals surface area contributed by atoms with E-state index in [-0.39, 0.29) is 23.7 Å². The molecule has 0 aromatic carbocycles. The molecule has 0 radical (unpaired) electrons. The van der Waals surface area contributed by atoms with E-state index >= 15 is 0 Å². The number of carbonyl (C=O) groups is 2. The smallest absolute Gasteiger partial charge is 0.303 e. The van der Waals surface area contributed by atoms with E-state index in [0.29, 0.717) is 0 Å². The fourth-order valence-corrected chi connectivity index (χ4v) is 4.45. The molecule has 114 valence electrons. The average Bonchev–Trinajstić information content (AvgIpc) is 2.96. The van der Waals surface area contributed by atoms with Crippen LogP contribution >= 0.6 is 0 Å². The minimum Gasteiger partial charge on any atom is -0.481 e. The van der Waals surface area contributed by atoms with Crippen LogP contribution in [0, 0.1) is 10.8 Å². The summed E-state index contributed by atoms with van der Waals surface area (Å²) in [5.41, 5.74) is -0.111. The van der Waals surface area contributed by atoms with Crippen molar-refractivity contribution in [2.75, 3.05) is 0 Å². The van der Waals surface area contributed by atoms with Crippen molar-refractivity contribution in [3.63, 3.8) is 0 Å². The summed E-state index contributed by atoms with van der Waals surface area (Å²) in [4.78, 5) is 22.2. The molecule has 4 nitrogen and oxygen atoms in total. The van der Waals surface area contributed by atoms with Gasteiger partial charge in [-0.15, -0.1) is 0 Å². The number of hydrogen-bond donors (Lipinski definition) is 2. The maximum Gasteiger partial charge on any atom is 0.303 e. The highest BCUT2D eigenvalue weighted by molar-refractivity contribution is 5.68. The average molecular weight is 282 g/mol. The fraction of sp³-hybridized carbons (Fsp3) is 0.875. The van der Waals surface area contributed by atoms with Gasteiger partial charge in [0.1, 0.15) is 0 Å². The van der Waals surface area contributed by atoms with Crippen molar-refractivity contribution in [3.05, 3.63) is 0 Å². The highest BCUT2D eigenvalue weighted by atomic mass is 16.4. The molecule has 0 amide bonds. The molecule has 0 bridgehead atoms. The topological polar surface area (TPSA) is 74.6 Å². The van der Waals surface area contributed by atoms with Crippen LogP contribution in [-0.2, 0) is 9.59 Å². The molecule has 4 heteroatoms. The molecule has 2 saturated carbocycles. The summed E-state index contributed by atoms with van der Waals surface area (Å²) in [6.07, 6.45) is 10.8. The van der Waals surface area contributed by atoms with E-state index in [9.17, 15) is 9.59 Å². The van der Waals surface area contributed by atoms with Crippen LogP contribution in [0.25, 0.3) is 0 Å². The van der Waals surface area contributed by atoms with E-state index in [0.717, 1.165) is 64.2 Å². The highest BCUT2D eigenvalue weighted by Gasteiger charge is 2.41. The molecule has 2 N–H and O–H groups in total. The molecule has 2 aliphatic rings. The van der Waals surface area contributed by atoms with Crippen molar-refractivity contribution in [2.45, 2.75) is 77.0 Å². The molecule has 2 fully saturated rings. The predicted molar refractivity (Wildman–Crippen MR) is 75.5 cm³/mol. The molecule has 0 aromatic rings. The number of rotatable bonds is 7. The van der Waals surface area contributed by atoms with Gasteiger partial charge in [0.2, 0.25) is 0 Å². The molecule has 0 saturated heterocycles. The highest BCUT2D eigenvalue weighted by Crippen LogP contribution is 2.51. The Hall–Kier alpha value is -1.06. The maximum atomic E-state index is 11.1. The van der Waals surface area contributed by atoms with Crippen LogP contribution in [0.15, 0.2) is 0 Å². The quantitative estimate of drug-likeness (QED) is 0.744. The molecule has 0 heterocycles. The van der Waals surface area contributed by atoms with Gasteiger partial charge < -0.3 is 10.2 Å². The third-order valence-electron chi connectivity index (χ3n) is 5.57. The van der Waals surface area contributed by atoms with Crippen LogP contribution in [0.1, 0.15) is 77.0 Å². The summed E-state index contributed by atoms with van der Waals surface area (Å²) in [5, 5.41) is 18.3. The Labute approximate surface area is 120 Å². The van der Waals surface area contributed by atoms with Gasteiger partial charge in [-0.05, 0) is 49.4 Å². The summed E-state index contributed by atoms with van der Waals surface area (Å²) in [7, 11) is 0. The molecule has 2 aliphatic carbocycles. The zero-order valence-corrected chi connectivity index (χ0v) is 12.2. The summed E-state index contributed by atoms with van der Waals surface area (Å²) in [5.74, 6) is -1.41. The van der Waals surface area contributed by atoms with Gasteiger partial charge in [-0.25, -0.2) is 0 Å². The Morgan fingerprint density at radius 1 is 0.700 bits per heavy atom. The van der Waals surface area contributed by atoms with Crippen molar-refractivity contribution in [1.82, 2.24) is 0 Å². The van der Waals surface area contributed by atoms with Gasteiger partial charge in [0.15, 0.2) is 0 Å². The number of carboxylic acids is 2. The monoisotopic (exact) mass is 282 g/mol. The van der Waals surface area contributed by atoms with E-state index in [1.807, 2.05) is 0 Å². The van der Waals surface area contributed by atoms with Gasteiger partial charge in [-0.1, -0.05) is 25.7 Å². The van der Waals surface area contributed by atoms with Crippen LogP contribution in [0.5, 0.6) is 0 Å². The Morgan fingerprint density at radius 3 is 1.25 bits per heavy atom. The second-order valence-electron chi connectivity index (χ2n) is 7.06. The summed E-state index contributed by atoms with van der Waals surface area (Å²) in [6.45, 7) is 0. The molecule has 0 aliphatic heterocycles. The first kappa shape index (κ1) is 15.3. The van der Waals surface area contributed by atoms with E-state index < -0.39 is 11.9 Å². The normalized spacial score (nSPS) is 23.8. The SMILES string of the molecule is O=C(O)CC1(CCC2(CC(=O)O)CCCC2)CCCC1. The van der Waals surface area contributed by atoms with Gasteiger partial charge in [-0.2, -0.15) is 0 Å². The lowest BCUT2D eigenvalue weighted by Gasteiger charge is -2.34. The lowest BCUT2D eigenvalue weighted by molar-refractivity contribution is -0.142. The summed E-state index contributed by atoms with van der Waals surface area (Å²) in [6, 6.07) is 0. The van der Waals surface area contributed by atoms with Crippen molar-refractivity contribution in [2.24, 2.45) is 10.8 Å². The molecule has 0 atom stereocenters. The second-order valence-corrected chi connectivity index (χ2v) is 7.06. The van der Waals surface area contributed by atoms with Gasteiger partial charge in [-0.3, -0.25) is 9.59 Å². The Kier molecular flexibility index (Phi) is 4.71.